The number of hydrogen-bond donors (Lipinski definition) is 1. The van der Waals surface area contributed by atoms with Crippen LogP contribution in [0.4, 0.5) is 0 Å². The first kappa shape index (κ1) is 16.4. The van der Waals surface area contributed by atoms with E-state index in [0.29, 0.717) is 13.0 Å². The number of hydrogen-bond acceptors (Lipinski definition) is 4. The zero-order valence-corrected chi connectivity index (χ0v) is 12.2. The van der Waals surface area contributed by atoms with Crippen molar-refractivity contribution in [2.75, 3.05) is 13.7 Å². The van der Waals surface area contributed by atoms with Crippen molar-refractivity contribution in [3.05, 3.63) is 0 Å². The number of likely N-dealkylation sites (N-methyl/N-ethyl adjacent to an activating group) is 1. The van der Waals surface area contributed by atoms with E-state index in [9.17, 15) is 4.79 Å². The number of carbonyl (C=O) groups is 1. The highest BCUT2D eigenvalue weighted by atomic mass is 16.5. The number of carbonyl (C=O) groups excluding carboxylic acids is 1. The van der Waals surface area contributed by atoms with Gasteiger partial charge in [-0.15, -0.1) is 0 Å². The third-order valence-electron chi connectivity index (χ3n) is 2.53. The van der Waals surface area contributed by atoms with Gasteiger partial charge < -0.3 is 14.8 Å². The van der Waals surface area contributed by atoms with E-state index < -0.39 is 5.54 Å². The van der Waals surface area contributed by atoms with Gasteiger partial charge in [-0.25, -0.2) is 0 Å². The van der Waals surface area contributed by atoms with Crippen LogP contribution in [-0.4, -0.2) is 36.9 Å². The minimum absolute atomic E-state index is 0.0168. The van der Waals surface area contributed by atoms with Gasteiger partial charge in [-0.2, -0.15) is 0 Å². The van der Waals surface area contributed by atoms with Crippen LogP contribution >= 0.6 is 0 Å². The number of nitrogens with one attached hydrogen (secondary N) is 1. The molecule has 2 unspecified atom stereocenters. The molecule has 2 atom stereocenters. The van der Waals surface area contributed by atoms with E-state index >= 15 is 0 Å². The zero-order chi connectivity index (χ0) is 13.7. The third-order valence-corrected chi connectivity index (χ3v) is 2.53. The molecule has 1 N–H and O–H groups in total. The summed E-state index contributed by atoms with van der Waals surface area (Å²) in [7, 11) is 1.76. The molecule has 0 aromatic rings. The first-order valence-corrected chi connectivity index (χ1v) is 6.18. The van der Waals surface area contributed by atoms with Crippen molar-refractivity contribution in [2.24, 2.45) is 0 Å². The van der Waals surface area contributed by atoms with Gasteiger partial charge in [0, 0.05) is 6.42 Å². The first-order chi connectivity index (χ1) is 7.64. The van der Waals surface area contributed by atoms with Crippen LogP contribution in [0.2, 0.25) is 0 Å². The molecule has 0 saturated carbocycles. The molecule has 0 spiro atoms. The average Bonchev–Trinajstić information content (AvgIpc) is 2.14. The van der Waals surface area contributed by atoms with Gasteiger partial charge in [-0.1, -0.05) is 0 Å². The van der Waals surface area contributed by atoms with E-state index in [2.05, 4.69) is 5.32 Å². The van der Waals surface area contributed by atoms with Gasteiger partial charge in [0.15, 0.2) is 0 Å². The van der Waals surface area contributed by atoms with E-state index in [4.69, 9.17) is 9.47 Å². The Balaban J connectivity index is 4.52. The second-order valence-electron chi connectivity index (χ2n) is 5.55. The van der Waals surface area contributed by atoms with Crippen molar-refractivity contribution in [3.8, 4) is 0 Å². The van der Waals surface area contributed by atoms with Crippen molar-refractivity contribution >= 4 is 5.97 Å². The Morgan fingerprint density at radius 1 is 1.29 bits per heavy atom. The second kappa shape index (κ2) is 6.36. The van der Waals surface area contributed by atoms with Crippen LogP contribution in [0.25, 0.3) is 0 Å². The summed E-state index contributed by atoms with van der Waals surface area (Å²) in [5.74, 6) is -0.230. The molecule has 0 radical (unpaired) electrons. The molecule has 0 aromatic heterocycles. The Morgan fingerprint density at radius 2 is 1.82 bits per heavy atom. The highest BCUT2D eigenvalue weighted by Crippen LogP contribution is 2.20. The van der Waals surface area contributed by atoms with E-state index in [1.165, 1.54) is 0 Å². The highest BCUT2D eigenvalue weighted by molar-refractivity contribution is 5.80. The topological polar surface area (TPSA) is 47.6 Å². The minimum atomic E-state index is -0.694. The number of rotatable bonds is 6. The van der Waals surface area contributed by atoms with Crippen LogP contribution in [0.15, 0.2) is 0 Å². The Hall–Kier alpha value is -0.610. The maximum Gasteiger partial charge on any atom is 0.326 e. The zero-order valence-electron chi connectivity index (χ0n) is 12.2. The van der Waals surface area contributed by atoms with Crippen molar-refractivity contribution in [1.29, 1.82) is 0 Å². The maximum absolute atomic E-state index is 11.9. The maximum atomic E-state index is 11.9. The van der Waals surface area contributed by atoms with E-state index in [1.54, 1.807) is 7.05 Å². The van der Waals surface area contributed by atoms with Crippen molar-refractivity contribution < 1.29 is 14.3 Å². The van der Waals surface area contributed by atoms with Gasteiger partial charge in [0.2, 0.25) is 0 Å². The standard InChI is InChI=1S/C13H27NO3/c1-8-16-11(15)13(6,14-7)9-10(2)17-12(3,4)5/h10,14H,8-9H2,1-7H3. The Morgan fingerprint density at radius 3 is 2.18 bits per heavy atom. The van der Waals surface area contributed by atoms with Crippen LogP contribution in [0.5, 0.6) is 0 Å². The predicted molar refractivity (Wildman–Crippen MR) is 69.0 cm³/mol. The van der Waals surface area contributed by atoms with Gasteiger partial charge in [-0.05, 0) is 48.6 Å². The lowest BCUT2D eigenvalue weighted by atomic mass is 9.94. The summed E-state index contributed by atoms with van der Waals surface area (Å²) in [5.41, 5.74) is -0.899. The smallest absolute Gasteiger partial charge is 0.326 e. The molecule has 0 bridgehead atoms. The molecular formula is C13H27NO3. The molecular weight excluding hydrogens is 218 g/mol. The summed E-state index contributed by atoms with van der Waals surface area (Å²) >= 11 is 0. The summed E-state index contributed by atoms with van der Waals surface area (Å²) in [4.78, 5) is 11.9. The van der Waals surface area contributed by atoms with E-state index in [-0.39, 0.29) is 17.7 Å². The van der Waals surface area contributed by atoms with Crippen LogP contribution in [0.1, 0.15) is 48.0 Å². The lowest BCUT2D eigenvalue weighted by molar-refractivity contribution is -0.153. The van der Waals surface area contributed by atoms with Gasteiger partial charge in [-0.3, -0.25) is 4.79 Å². The molecule has 0 aliphatic carbocycles. The number of ether oxygens (including phenoxy) is 2. The van der Waals surface area contributed by atoms with Gasteiger partial charge >= 0.3 is 5.97 Å². The molecule has 4 nitrogen and oxygen atoms in total. The van der Waals surface area contributed by atoms with Crippen molar-refractivity contribution in [2.45, 2.75) is 65.2 Å². The lowest BCUT2D eigenvalue weighted by Gasteiger charge is -2.32. The molecule has 0 amide bonds. The quantitative estimate of drug-likeness (QED) is 0.728. The summed E-state index contributed by atoms with van der Waals surface area (Å²) in [6, 6.07) is 0. The monoisotopic (exact) mass is 245 g/mol. The summed E-state index contributed by atoms with van der Waals surface area (Å²) in [6.07, 6.45) is 0.566. The Bertz CT molecular complexity index is 248. The van der Waals surface area contributed by atoms with Crippen LogP contribution in [0.3, 0.4) is 0 Å². The molecule has 0 heterocycles. The lowest BCUT2D eigenvalue weighted by Crippen LogP contribution is -2.51. The molecule has 17 heavy (non-hydrogen) atoms. The predicted octanol–water partition coefficient (Wildman–Crippen LogP) is 2.12. The number of esters is 1. The molecule has 0 fully saturated rings. The molecule has 0 aliphatic heterocycles. The molecule has 4 heteroatoms. The molecule has 102 valence electrons. The molecule has 0 rings (SSSR count). The summed E-state index contributed by atoms with van der Waals surface area (Å²) in [5, 5.41) is 3.03. The normalized spacial score (nSPS) is 17.4. The fraction of sp³-hybridized carbons (Fsp3) is 0.923. The second-order valence-corrected chi connectivity index (χ2v) is 5.55. The Kier molecular flexibility index (Phi) is 6.13. The van der Waals surface area contributed by atoms with Crippen LogP contribution < -0.4 is 5.32 Å². The summed E-state index contributed by atoms with van der Waals surface area (Å²) < 4.78 is 10.9. The van der Waals surface area contributed by atoms with Crippen molar-refractivity contribution in [3.63, 3.8) is 0 Å². The molecule has 0 saturated heterocycles. The average molecular weight is 245 g/mol. The molecule has 0 aliphatic rings. The fourth-order valence-corrected chi connectivity index (χ4v) is 1.80. The van der Waals surface area contributed by atoms with Gasteiger partial charge in [0.05, 0.1) is 18.3 Å². The molecule has 0 aromatic carbocycles. The van der Waals surface area contributed by atoms with E-state index in [1.807, 2.05) is 41.5 Å². The van der Waals surface area contributed by atoms with Gasteiger partial charge in [0.25, 0.3) is 0 Å². The first-order valence-electron chi connectivity index (χ1n) is 6.18. The van der Waals surface area contributed by atoms with Crippen LogP contribution in [-0.2, 0) is 14.3 Å². The Labute approximate surface area is 105 Å². The SMILES string of the molecule is CCOC(=O)C(C)(CC(C)OC(C)(C)C)NC. The van der Waals surface area contributed by atoms with Gasteiger partial charge in [0.1, 0.15) is 5.54 Å². The minimum Gasteiger partial charge on any atom is -0.465 e. The van der Waals surface area contributed by atoms with Crippen LogP contribution in [0, 0.1) is 0 Å². The highest BCUT2D eigenvalue weighted by Gasteiger charge is 2.35. The largest absolute Gasteiger partial charge is 0.465 e. The third kappa shape index (κ3) is 6.03. The fourth-order valence-electron chi connectivity index (χ4n) is 1.80. The summed E-state index contributed by atoms with van der Waals surface area (Å²) in [6.45, 7) is 12.0. The van der Waals surface area contributed by atoms with E-state index in [0.717, 1.165) is 0 Å². The van der Waals surface area contributed by atoms with Crippen molar-refractivity contribution in [1.82, 2.24) is 5.32 Å².